The van der Waals surface area contributed by atoms with Crippen LogP contribution < -0.4 is 5.32 Å². The zero-order valence-electron chi connectivity index (χ0n) is 8.80. The van der Waals surface area contributed by atoms with Gasteiger partial charge in [0.25, 0.3) is 0 Å². The number of nitrogens with zero attached hydrogens (tertiary/aromatic N) is 3. The smallest absolute Gasteiger partial charge is 0.110 e. The summed E-state index contributed by atoms with van der Waals surface area (Å²) in [4.78, 5) is 11.9. The zero-order valence-corrected chi connectivity index (χ0v) is 8.80. The molecule has 1 N–H and O–H groups in total. The van der Waals surface area contributed by atoms with Gasteiger partial charge in [0.15, 0.2) is 0 Å². The average Bonchev–Trinajstić information content (AvgIpc) is 2.79. The molecule has 0 amide bonds. The van der Waals surface area contributed by atoms with Crippen molar-refractivity contribution in [3.63, 3.8) is 0 Å². The van der Waals surface area contributed by atoms with Crippen molar-refractivity contribution >= 4 is 18.1 Å². The van der Waals surface area contributed by atoms with Crippen LogP contribution in [0.4, 0.5) is 0 Å². The molecule has 0 fully saturated rings. The molecule has 2 rings (SSSR count). The maximum absolute atomic E-state index is 4.28. The summed E-state index contributed by atoms with van der Waals surface area (Å²) in [6, 6.07) is 3.96. The lowest BCUT2D eigenvalue weighted by molar-refractivity contribution is 1.21. The molecule has 0 spiro atoms. The number of amidine groups is 1. The summed E-state index contributed by atoms with van der Waals surface area (Å²) in [7, 11) is 0. The molecule has 0 aromatic carbocycles. The van der Waals surface area contributed by atoms with E-state index in [4.69, 9.17) is 0 Å². The van der Waals surface area contributed by atoms with E-state index in [1.807, 2.05) is 18.3 Å². The Bertz CT molecular complexity index is 457. The summed E-state index contributed by atoms with van der Waals surface area (Å²) in [5, 5.41) is 3.05. The molecular weight excluding hydrogens is 200 g/mol. The lowest BCUT2D eigenvalue weighted by Crippen LogP contribution is -2.14. The molecule has 0 saturated carbocycles. The molecule has 4 nitrogen and oxygen atoms in total. The molecular formula is C12H12N4. The van der Waals surface area contributed by atoms with Gasteiger partial charge in [-0.1, -0.05) is 0 Å². The van der Waals surface area contributed by atoms with E-state index >= 15 is 0 Å². The van der Waals surface area contributed by atoms with Gasteiger partial charge in [-0.3, -0.25) is 9.98 Å². The van der Waals surface area contributed by atoms with Gasteiger partial charge in [-0.25, -0.2) is 4.99 Å². The number of aromatic nitrogens is 1. The van der Waals surface area contributed by atoms with E-state index in [0.717, 1.165) is 17.8 Å². The van der Waals surface area contributed by atoms with E-state index in [1.54, 1.807) is 24.8 Å². The van der Waals surface area contributed by atoms with Gasteiger partial charge in [0.1, 0.15) is 5.84 Å². The Labute approximate surface area is 94.2 Å². The first-order valence-electron chi connectivity index (χ1n) is 4.93. The molecule has 1 aliphatic rings. The third-order valence-corrected chi connectivity index (χ3v) is 2.22. The maximum atomic E-state index is 4.28. The zero-order chi connectivity index (χ0) is 11.2. The van der Waals surface area contributed by atoms with E-state index in [0.29, 0.717) is 0 Å². The molecule has 4 heteroatoms. The molecule has 0 unspecified atom stereocenters. The summed E-state index contributed by atoms with van der Waals surface area (Å²) in [6.45, 7) is 3.35. The van der Waals surface area contributed by atoms with Crippen LogP contribution in [-0.2, 0) is 0 Å². The molecule has 0 atom stereocenters. The van der Waals surface area contributed by atoms with Crippen molar-refractivity contribution in [3.05, 3.63) is 48.7 Å². The first kappa shape index (κ1) is 10.3. The highest BCUT2D eigenvalue weighted by Crippen LogP contribution is 2.21. The van der Waals surface area contributed by atoms with Gasteiger partial charge >= 0.3 is 0 Å². The largest absolute Gasteiger partial charge is 0.348 e. The summed E-state index contributed by atoms with van der Waals surface area (Å²) in [5.74, 6) is 0.909. The Balaban J connectivity index is 1.96. The Kier molecular flexibility index (Phi) is 3.23. The first-order chi connectivity index (χ1) is 7.90. The van der Waals surface area contributed by atoms with Gasteiger partial charge in [-0.05, 0) is 30.0 Å². The summed E-state index contributed by atoms with van der Waals surface area (Å²) < 4.78 is 0. The number of nitrogens with one attached hydrogen (secondary N) is 1. The molecule has 0 aliphatic carbocycles. The fourth-order valence-corrected chi connectivity index (χ4v) is 1.44. The van der Waals surface area contributed by atoms with Gasteiger partial charge in [-0.15, -0.1) is 0 Å². The third-order valence-electron chi connectivity index (χ3n) is 2.22. The van der Waals surface area contributed by atoms with E-state index in [-0.39, 0.29) is 0 Å². The maximum Gasteiger partial charge on any atom is 0.110 e. The molecule has 1 aliphatic heterocycles. The molecule has 16 heavy (non-hydrogen) atoms. The number of pyridine rings is 1. The predicted octanol–water partition coefficient (Wildman–Crippen LogP) is 1.99. The highest BCUT2D eigenvalue weighted by Gasteiger charge is 2.10. The van der Waals surface area contributed by atoms with Crippen LogP contribution in [0.5, 0.6) is 0 Å². The van der Waals surface area contributed by atoms with Crippen LogP contribution in [0.25, 0.3) is 5.57 Å². The van der Waals surface area contributed by atoms with Crippen LogP contribution in [0.15, 0.2) is 53.1 Å². The van der Waals surface area contributed by atoms with Crippen LogP contribution in [0.2, 0.25) is 0 Å². The third kappa shape index (κ3) is 2.42. The SMILES string of the molecule is C=N/C=C\NC1=NC=C(c2ccncc2)C1. The Morgan fingerprint density at radius 2 is 2.19 bits per heavy atom. The number of hydrogen-bond donors (Lipinski definition) is 1. The molecule has 2 heterocycles. The molecule has 0 radical (unpaired) electrons. The minimum absolute atomic E-state index is 0.797. The molecule has 1 aromatic rings. The lowest BCUT2D eigenvalue weighted by atomic mass is 10.1. The fraction of sp³-hybridized carbons (Fsp3) is 0.0833. The average molecular weight is 212 g/mol. The van der Waals surface area contributed by atoms with Crippen molar-refractivity contribution in [3.8, 4) is 0 Å². The van der Waals surface area contributed by atoms with Gasteiger partial charge in [0.2, 0.25) is 0 Å². The van der Waals surface area contributed by atoms with Crippen molar-refractivity contribution in [2.45, 2.75) is 6.42 Å². The second-order valence-corrected chi connectivity index (χ2v) is 3.29. The lowest BCUT2D eigenvalue weighted by Gasteiger charge is -2.02. The fourth-order valence-electron chi connectivity index (χ4n) is 1.44. The second-order valence-electron chi connectivity index (χ2n) is 3.29. The van der Waals surface area contributed by atoms with E-state index in [2.05, 4.69) is 27.0 Å². The topological polar surface area (TPSA) is 49.6 Å². The highest BCUT2D eigenvalue weighted by atomic mass is 15.0. The molecule has 1 aromatic heterocycles. The van der Waals surface area contributed by atoms with E-state index in [9.17, 15) is 0 Å². The highest BCUT2D eigenvalue weighted by molar-refractivity contribution is 5.97. The van der Waals surface area contributed by atoms with Crippen molar-refractivity contribution in [2.24, 2.45) is 9.98 Å². The van der Waals surface area contributed by atoms with Gasteiger partial charge in [-0.2, -0.15) is 0 Å². The van der Waals surface area contributed by atoms with Crippen molar-refractivity contribution in [1.29, 1.82) is 0 Å². The first-order valence-corrected chi connectivity index (χ1v) is 4.93. The number of hydrogen-bond acceptors (Lipinski definition) is 4. The summed E-state index contributed by atoms with van der Waals surface area (Å²) in [6.07, 6.45) is 9.53. The monoisotopic (exact) mass is 212 g/mol. The second kappa shape index (κ2) is 5.02. The van der Waals surface area contributed by atoms with E-state index in [1.165, 1.54) is 5.57 Å². The van der Waals surface area contributed by atoms with Crippen molar-refractivity contribution < 1.29 is 0 Å². The summed E-state index contributed by atoms with van der Waals surface area (Å²) in [5.41, 5.74) is 2.34. The number of aliphatic imine (C=N–C) groups is 2. The normalized spacial score (nSPS) is 14.8. The van der Waals surface area contributed by atoms with Crippen LogP contribution in [0.1, 0.15) is 12.0 Å². The van der Waals surface area contributed by atoms with Gasteiger partial charge in [0.05, 0.1) is 0 Å². The minimum atomic E-state index is 0.797. The van der Waals surface area contributed by atoms with Gasteiger partial charge in [0, 0.05) is 37.4 Å². The standard InChI is InChI=1S/C12H12N4/c1-13-6-7-15-12-8-11(9-16-12)10-2-4-14-5-3-10/h2-7,9H,1,8H2,(H,15,16)/b7-6-. The quantitative estimate of drug-likeness (QED) is 0.779. The Hall–Kier alpha value is -2.23. The Morgan fingerprint density at radius 1 is 1.38 bits per heavy atom. The van der Waals surface area contributed by atoms with Crippen LogP contribution in [0.3, 0.4) is 0 Å². The Morgan fingerprint density at radius 3 is 2.94 bits per heavy atom. The molecule has 80 valence electrons. The molecule has 0 saturated heterocycles. The predicted molar refractivity (Wildman–Crippen MR) is 66.1 cm³/mol. The van der Waals surface area contributed by atoms with Crippen LogP contribution in [0, 0.1) is 0 Å². The van der Waals surface area contributed by atoms with Crippen LogP contribution >= 0.6 is 0 Å². The van der Waals surface area contributed by atoms with Crippen LogP contribution in [-0.4, -0.2) is 17.5 Å². The molecule has 0 bridgehead atoms. The number of rotatable bonds is 3. The summed E-state index contributed by atoms with van der Waals surface area (Å²) >= 11 is 0. The minimum Gasteiger partial charge on any atom is -0.348 e. The van der Waals surface area contributed by atoms with Gasteiger partial charge < -0.3 is 5.32 Å². The van der Waals surface area contributed by atoms with Crippen molar-refractivity contribution in [2.75, 3.05) is 0 Å². The van der Waals surface area contributed by atoms with E-state index < -0.39 is 0 Å². The van der Waals surface area contributed by atoms with Crippen molar-refractivity contribution in [1.82, 2.24) is 10.3 Å².